The molecule has 1 unspecified atom stereocenters. The second-order valence-electron chi connectivity index (χ2n) is 3.19. The van der Waals surface area contributed by atoms with Gasteiger partial charge in [0.1, 0.15) is 0 Å². The first-order chi connectivity index (χ1) is 4.91. The van der Waals surface area contributed by atoms with Crippen molar-refractivity contribution in [2.75, 3.05) is 19.7 Å². The van der Waals surface area contributed by atoms with Gasteiger partial charge in [-0.2, -0.15) is 0 Å². The lowest BCUT2D eigenvalue weighted by atomic mass is 10.0. The molecule has 2 aliphatic rings. The second kappa shape index (κ2) is 2.51. The highest BCUT2D eigenvalue weighted by atomic mass is 16.5. The fourth-order valence-electron chi connectivity index (χ4n) is 1.84. The number of nitrogens with one attached hydrogen (secondary N) is 1. The molecule has 0 aromatic rings. The quantitative estimate of drug-likeness (QED) is 0.535. The Morgan fingerprint density at radius 2 is 2.50 bits per heavy atom. The van der Waals surface area contributed by atoms with Gasteiger partial charge in [-0.3, -0.25) is 0 Å². The van der Waals surface area contributed by atoms with Gasteiger partial charge in [-0.25, -0.2) is 0 Å². The molecule has 1 N–H and O–H groups in total. The summed E-state index contributed by atoms with van der Waals surface area (Å²) in [4.78, 5) is 0. The summed E-state index contributed by atoms with van der Waals surface area (Å²) in [7, 11) is 0. The lowest BCUT2D eigenvalue weighted by Gasteiger charge is -2.33. The molecule has 2 rings (SSSR count). The van der Waals surface area contributed by atoms with Crippen LogP contribution in [-0.2, 0) is 4.74 Å². The topological polar surface area (TPSA) is 21.3 Å². The van der Waals surface area contributed by atoms with E-state index >= 15 is 0 Å². The molecule has 1 aliphatic heterocycles. The predicted molar refractivity (Wildman–Crippen MR) is 39.7 cm³/mol. The van der Waals surface area contributed by atoms with Gasteiger partial charge < -0.3 is 10.1 Å². The smallest absolute Gasteiger partial charge is 0.0838 e. The maximum Gasteiger partial charge on any atom is 0.0838 e. The van der Waals surface area contributed by atoms with Crippen molar-refractivity contribution in [1.82, 2.24) is 5.32 Å². The normalized spacial score (nSPS) is 31.2. The zero-order valence-electron chi connectivity index (χ0n) is 6.23. The number of hydrogen-bond donors (Lipinski definition) is 1. The summed E-state index contributed by atoms with van der Waals surface area (Å²) in [5.41, 5.74) is 0.137. The van der Waals surface area contributed by atoms with Gasteiger partial charge in [-0.05, 0) is 19.3 Å². The van der Waals surface area contributed by atoms with Crippen LogP contribution in [0.25, 0.3) is 0 Å². The Hall–Kier alpha value is -0.0800. The number of morpholine rings is 1. The van der Waals surface area contributed by atoms with Gasteiger partial charge in [-0.1, -0.05) is 6.42 Å². The molecule has 0 aromatic heterocycles. The van der Waals surface area contributed by atoms with Crippen molar-refractivity contribution in [3.05, 3.63) is 6.42 Å². The van der Waals surface area contributed by atoms with Crippen molar-refractivity contribution in [1.29, 1.82) is 0 Å². The third-order valence-corrected chi connectivity index (χ3v) is 2.41. The number of rotatable bonds is 0. The molecular formula is C8H14NO. The molecule has 1 spiro atoms. The first kappa shape index (κ1) is 6.62. The Morgan fingerprint density at radius 3 is 3.10 bits per heavy atom. The number of ether oxygens (including phenoxy) is 1. The predicted octanol–water partition coefficient (Wildman–Crippen LogP) is 0.733. The average molecular weight is 140 g/mol. The summed E-state index contributed by atoms with van der Waals surface area (Å²) in [5.74, 6) is 0. The van der Waals surface area contributed by atoms with Crippen LogP contribution < -0.4 is 5.32 Å². The first-order valence-corrected chi connectivity index (χ1v) is 4.10. The first-order valence-electron chi connectivity index (χ1n) is 4.10. The van der Waals surface area contributed by atoms with Crippen LogP contribution >= 0.6 is 0 Å². The van der Waals surface area contributed by atoms with Gasteiger partial charge >= 0.3 is 0 Å². The third kappa shape index (κ3) is 1.06. The van der Waals surface area contributed by atoms with Crippen molar-refractivity contribution in [2.24, 2.45) is 0 Å². The van der Waals surface area contributed by atoms with Crippen LogP contribution in [0.1, 0.15) is 19.3 Å². The minimum atomic E-state index is 0.137. The van der Waals surface area contributed by atoms with E-state index in [0.29, 0.717) is 0 Å². The monoisotopic (exact) mass is 140 g/mol. The Morgan fingerprint density at radius 1 is 1.50 bits per heavy atom. The molecule has 1 atom stereocenters. The van der Waals surface area contributed by atoms with Crippen molar-refractivity contribution >= 4 is 0 Å². The van der Waals surface area contributed by atoms with E-state index < -0.39 is 0 Å². The van der Waals surface area contributed by atoms with E-state index in [1.807, 2.05) is 0 Å². The zero-order valence-corrected chi connectivity index (χ0v) is 6.23. The van der Waals surface area contributed by atoms with Gasteiger partial charge in [0.15, 0.2) is 0 Å². The summed E-state index contributed by atoms with van der Waals surface area (Å²) in [6, 6.07) is 0. The van der Waals surface area contributed by atoms with Crippen LogP contribution in [0.3, 0.4) is 0 Å². The highest BCUT2D eigenvalue weighted by Crippen LogP contribution is 2.32. The minimum Gasteiger partial charge on any atom is -0.372 e. The molecule has 1 aliphatic carbocycles. The summed E-state index contributed by atoms with van der Waals surface area (Å²) >= 11 is 0. The van der Waals surface area contributed by atoms with E-state index in [4.69, 9.17) is 4.74 Å². The Kier molecular flexibility index (Phi) is 1.66. The Balaban J connectivity index is 1.98. The standard InChI is InChI=1S/C8H14NO/c1-2-4-8(3-1)7-9-5-6-10-8/h3,9H,1-2,4-7H2. The maximum atomic E-state index is 5.71. The van der Waals surface area contributed by atoms with Gasteiger partial charge in [0, 0.05) is 13.1 Å². The van der Waals surface area contributed by atoms with E-state index in [9.17, 15) is 0 Å². The molecule has 2 heteroatoms. The molecule has 0 amide bonds. The van der Waals surface area contributed by atoms with Crippen LogP contribution in [0.2, 0.25) is 0 Å². The van der Waals surface area contributed by atoms with Crippen molar-refractivity contribution < 1.29 is 4.74 Å². The third-order valence-electron chi connectivity index (χ3n) is 2.41. The van der Waals surface area contributed by atoms with Crippen molar-refractivity contribution in [3.8, 4) is 0 Å². The van der Waals surface area contributed by atoms with Gasteiger partial charge in [0.25, 0.3) is 0 Å². The van der Waals surface area contributed by atoms with Gasteiger partial charge in [0.2, 0.25) is 0 Å². The zero-order chi connectivity index (χ0) is 6.86. The molecule has 0 bridgehead atoms. The fourth-order valence-corrected chi connectivity index (χ4v) is 1.84. The molecule has 2 nitrogen and oxygen atoms in total. The van der Waals surface area contributed by atoms with Crippen molar-refractivity contribution in [2.45, 2.75) is 24.9 Å². The van der Waals surface area contributed by atoms with E-state index in [2.05, 4.69) is 11.7 Å². The molecular weight excluding hydrogens is 126 g/mol. The lowest BCUT2D eigenvalue weighted by Crippen LogP contribution is -2.48. The molecule has 57 valence electrons. The van der Waals surface area contributed by atoms with Crippen LogP contribution in [-0.4, -0.2) is 25.3 Å². The van der Waals surface area contributed by atoms with E-state index in [1.54, 1.807) is 0 Å². The molecule has 10 heavy (non-hydrogen) atoms. The Bertz CT molecular complexity index is 110. The summed E-state index contributed by atoms with van der Waals surface area (Å²) in [6.07, 6.45) is 6.10. The average Bonchev–Trinajstić information content (AvgIpc) is 2.39. The summed E-state index contributed by atoms with van der Waals surface area (Å²) < 4.78 is 5.71. The van der Waals surface area contributed by atoms with E-state index in [0.717, 1.165) is 19.7 Å². The molecule has 1 heterocycles. The number of hydrogen-bond acceptors (Lipinski definition) is 2. The molecule has 1 saturated heterocycles. The maximum absolute atomic E-state index is 5.71. The van der Waals surface area contributed by atoms with Gasteiger partial charge in [0.05, 0.1) is 12.2 Å². The minimum absolute atomic E-state index is 0.137. The lowest BCUT2D eigenvalue weighted by molar-refractivity contribution is -0.0367. The highest BCUT2D eigenvalue weighted by Gasteiger charge is 2.36. The van der Waals surface area contributed by atoms with Gasteiger partial charge in [-0.15, -0.1) is 0 Å². The Labute approximate surface area is 61.9 Å². The van der Waals surface area contributed by atoms with E-state index in [-0.39, 0.29) is 5.60 Å². The largest absolute Gasteiger partial charge is 0.372 e. The fraction of sp³-hybridized carbons (Fsp3) is 0.875. The molecule has 0 aromatic carbocycles. The molecule has 1 saturated carbocycles. The SMILES string of the molecule is [CH]1CCCC12CNCCO2. The van der Waals surface area contributed by atoms with E-state index in [1.165, 1.54) is 19.3 Å². The summed E-state index contributed by atoms with van der Waals surface area (Å²) in [5, 5.41) is 3.36. The van der Waals surface area contributed by atoms with Crippen LogP contribution in [0.5, 0.6) is 0 Å². The second-order valence-corrected chi connectivity index (χ2v) is 3.19. The highest BCUT2D eigenvalue weighted by molar-refractivity contribution is 5.03. The molecule has 1 radical (unpaired) electrons. The van der Waals surface area contributed by atoms with Crippen LogP contribution in [0.15, 0.2) is 0 Å². The summed E-state index contributed by atoms with van der Waals surface area (Å²) in [6.45, 7) is 2.94. The van der Waals surface area contributed by atoms with Crippen molar-refractivity contribution in [3.63, 3.8) is 0 Å². The van der Waals surface area contributed by atoms with Crippen LogP contribution in [0.4, 0.5) is 0 Å². The molecule has 2 fully saturated rings. The van der Waals surface area contributed by atoms with Crippen LogP contribution in [0, 0.1) is 6.42 Å².